The quantitative estimate of drug-likeness (QED) is 0.878. The van der Waals surface area contributed by atoms with Gasteiger partial charge >= 0.3 is 0 Å². The number of aliphatic hydroxyl groups is 1. The van der Waals surface area contributed by atoms with Crippen molar-refractivity contribution in [1.82, 2.24) is 19.8 Å². The van der Waals surface area contributed by atoms with Gasteiger partial charge in [-0.05, 0) is 5.56 Å². The molecular formula is C19H20N4O3. The second kappa shape index (κ2) is 6.17. The van der Waals surface area contributed by atoms with Crippen molar-refractivity contribution in [2.24, 2.45) is 0 Å². The molecule has 2 aromatic rings. The molecule has 0 aliphatic carbocycles. The Hall–Kier alpha value is -2.80. The lowest BCUT2D eigenvalue weighted by Gasteiger charge is -2.70. The molecule has 0 saturated carbocycles. The highest BCUT2D eigenvalue weighted by Crippen LogP contribution is 2.53. The minimum absolute atomic E-state index is 0.00325. The first-order valence-corrected chi connectivity index (χ1v) is 8.59. The highest BCUT2D eigenvalue weighted by atomic mass is 16.3. The van der Waals surface area contributed by atoms with Crippen molar-refractivity contribution in [2.45, 2.75) is 24.4 Å². The largest absolute Gasteiger partial charge is 0.394 e. The molecule has 2 aliphatic rings. The second-order valence-electron chi connectivity index (χ2n) is 6.88. The number of hydrogen-bond acceptors (Lipinski definition) is 5. The number of amides is 2. The molecule has 0 unspecified atom stereocenters. The van der Waals surface area contributed by atoms with Crippen molar-refractivity contribution < 1.29 is 14.7 Å². The Morgan fingerprint density at radius 1 is 1.23 bits per heavy atom. The lowest BCUT2D eigenvalue weighted by atomic mass is 9.60. The molecule has 2 atom stereocenters. The topological polar surface area (TPSA) is 86.6 Å². The summed E-state index contributed by atoms with van der Waals surface area (Å²) in [6.45, 7) is 2.27. The van der Waals surface area contributed by atoms with Crippen LogP contribution in [0, 0.1) is 0 Å². The van der Waals surface area contributed by atoms with E-state index in [1.165, 1.54) is 25.5 Å². The molecule has 2 fully saturated rings. The van der Waals surface area contributed by atoms with Crippen molar-refractivity contribution in [3.63, 3.8) is 0 Å². The van der Waals surface area contributed by atoms with Crippen LogP contribution in [0.3, 0.4) is 0 Å². The molecule has 26 heavy (non-hydrogen) atoms. The zero-order valence-corrected chi connectivity index (χ0v) is 14.4. The maximum atomic E-state index is 12.6. The summed E-state index contributed by atoms with van der Waals surface area (Å²) in [6, 6.07) is 9.61. The lowest BCUT2D eigenvalue weighted by molar-refractivity contribution is -0.191. The number of carbonyl (C=O) groups excluding carboxylic acids is 2. The summed E-state index contributed by atoms with van der Waals surface area (Å²) in [4.78, 5) is 36.2. The van der Waals surface area contributed by atoms with Crippen LogP contribution in [0.2, 0.25) is 0 Å². The minimum atomic E-state index is -0.460. The maximum Gasteiger partial charge on any atom is 0.274 e. The van der Waals surface area contributed by atoms with Gasteiger partial charge in [-0.25, -0.2) is 4.98 Å². The third-order valence-electron chi connectivity index (χ3n) is 5.46. The first-order valence-electron chi connectivity index (χ1n) is 8.59. The minimum Gasteiger partial charge on any atom is -0.394 e. The van der Waals surface area contributed by atoms with Crippen LogP contribution in [-0.2, 0) is 4.79 Å². The molecule has 1 aromatic carbocycles. The second-order valence-corrected chi connectivity index (χ2v) is 6.88. The van der Waals surface area contributed by atoms with Crippen LogP contribution in [0.4, 0.5) is 0 Å². The van der Waals surface area contributed by atoms with Crippen LogP contribution in [0.25, 0.3) is 0 Å². The molecule has 1 aromatic heterocycles. The fourth-order valence-corrected chi connectivity index (χ4v) is 4.51. The maximum absolute atomic E-state index is 12.6. The Kier molecular flexibility index (Phi) is 3.96. The molecule has 134 valence electrons. The van der Waals surface area contributed by atoms with Crippen molar-refractivity contribution in [3.05, 3.63) is 60.2 Å². The van der Waals surface area contributed by atoms with Crippen LogP contribution in [0.1, 0.15) is 28.9 Å². The van der Waals surface area contributed by atoms with Gasteiger partial charge in [-0.1, -0.05) is 30.3 Å². The fraction of sp³-hybridized carbons (Fsp3) is 0.368. The molecule has 2 aliphatic heterocycles. The average molecular weight is 352 g/mol. The third kappa shape index (κ3) is 2.31. The summed E-state index contributed by atoms with van der Waals surface area (Å²) in [5.74, 6) is -0.266. The molecule has 0 bridgehead atoms. The van der Waals surface area contributed by atoms with Crippen molar-refractivity contribution >= 4 is 11.8 Å². The van der Waals surface area contributed by atoms with Gasteiger partial charge < -0.3 is 14.9 Å². The van der Waals surface area contributed by atoms with Gasteiger partial charge in [0.05, 0.1) is 24.4 Å². The van der Waals surface area contributed by atoms with Crippen LogP contribution >= 0.6 is 0 Å². The molecule has 2 saturated heterocycles. The van der Waals surface area contributed by atoms with E-state index in [1.54, 1.807) is 9.80 Å². The summed E-state index contributed by atoms with van der Waals surface area (Å²) in [5.41, 5.74) is 0.917. The zero-order valence-electron chi connectivity index (χ0n) is 14.4. The lowest BCUT2D eigenvalue weighted by Crippen LogP contribution is -2.85. The van der Waals surface area contributed by atoms with E-state index >= 15 is 0 Å². The van der Waals surface area contributed by atoms with E-state index in [1.807, 2.05) is 30.3 Å². The van der Waals surface area contributed by atoms with Crippen molar-refractivity contribution in [1.29, 1.82) is 0 Å². The molecule has 3 heterocycles. The van der Waals surface area contributed by atoms with Crippen LogP contribution in [-0.4, -0.2) is 68.0 Å². The van der Waals surface area contributed by atoms with Gasteiger partial charge in [-0.15, -0.1) is 0 Å². The Labute approximate surface area is 151 Å². The Morgan fingerprint density at radius 2 is 1.96 bits per heavy atom. The highest BCUT2D eigenvalue weighted by Gasteiger charge is 2.67. The van der Waals surface area contributed by atoms with Gasteiger partial charge in [0.2, 0.25) is 5.91 Å². The predicted molar refractivity (Wildman–Crippen MR) is 93.2 cm³/mol. The Balaban J connectivity index is 1.61. The first-order chi connectivity index (χ1) is 12.6. The molecule has 7 nitrogen and oxygen atoms in total. The van der Waals surface area contributed by atoms with Gasteiger partial charge in [-0.2, -0.15) is 0 Å². The predicted octanol–water partition coefficient (Wildman–Crippen LogP) is 0.678. The summed E-state index contributed by atoms with van der Waals surface area (Å²) in [5, 5.41) is 9.85. The van der Waals surface area contributed by atoms with Gasteiger partial charge in [0.1, 0.15) is 5.69 Å². The normalized spacial score (nSPS) is 23.3. The molecule has 2 amide bonds. The summed E-state index contributed by atoms with van der Waals surface area (Å²) in [6.07, 6.45) is 4.46. The number of aliphatic hydroxyl groups excluding tert-OH is 1. The van der Waals surface area contributed by atoms with E-state index < -0.39 is 5.54 Å². The van der Waals surface area contributed by atoms with E-state index in [-0.39, 0.29) is 30.4 Å². The number of hydrogen-bond donors (Lipinski definition) is 1. The van der Waals surface area contributed by atoms with E-state index in [0.717, 1.165) is 5.56 Å². The van der Waals surface area contributed by atoms with Gasteiger partial charge in [0.15, 0.2) is 0 Å². The van der Waals surface area contributed by atoms with E-state index in [0.29, 0.717) is 18.8 Å². The number of rotatable bonds is 3. The van der Waals surface area contributed by atoms with Gasteiger partial charge in [0.25, 0.3) is 5.91 Å². The summed E-state index contributed by atoms with van der Waals surface area (Å²) in [7, 11) is 0. The monoisotopic (exact) mass is 352 g/mol. The Morgan fingerprint density at radius 3 is 2.54 bits per heavy atom. The Bertz CT molecular complexity index is 821. The highest BCUT2D eigenvalue weighted by molar-refractivity contribution is 5.93. The molecule has 7 heteroatoms. The average Bonchev–Trinajstić information content (AvgIpc) is 2.61. The standard InChI is InChI=1S/C19H20N4O3/c1-13(25)23-16(10-24)17(14-5-3-2-4-6-14)19(23)11-22(12-19)18(26)15-9-20-7-8-21-15/h2-9,16-17,24H,10-12H2,1H3/t16-,17+/m1/s1. The number of benzene rings is 1. The van der Waals surface area contributed by atoms with Crippen molar-refractivity contribution in [3.8, 4) is 0 Å². The molecule has 1 spiro atoms. The zero-order chi connectivity index (χ0) is 18.3. The van der Waals surface area contributed by atoms with Gasteiger partial charge in [-0.3, -0.25) is 14.6 Å². The molecular weight excluding hydrogens is 332 g/mol. The number of aromatic nitrogens is 2. The van der Waals surface area contributed by atoms with E-state index in [9.17, 15) is 14.7 Å². The molecule has 4 rings (SSSR count). The van der Waals surface area contributed by atoms with Crippen LogP contribution in [0.5, 0.6) is 0 Å². The van der Waals surface area contributed by atoms with Gasteiger partial charge in [0, 0.05) is 38.3 Å². The van der Waals surface area contributed by atoms with Crippen molar-refractivity contribution in [2.75, 3.05) is 19.7 Å². The smallest absolute Gasteiger partial charge is 0.274 e. The SMILES string of the molecule is CC(=O)N1[C@H](CO)[C@H](c2ccccc2)C12CN(C(=O)c1cnccn1)C2. The number of likely N-dealkylation sites (tertiary alicyclic amines) is 2. The van der Waals surface area contributed by atoms with Crippen LogP contribution in [0.15, 0.2) is 48.9 Å². The van der Waals surface area contributed by atoms with Crippen LogP contribution < -0.4 is 0 Å². The third-order valence-corrected chi connectivity index (χ3v) is 5.46. The molecule has 1 N–H and O–H groups in total. The number of nitrogens with zero attached hydrogens (tertiary/aromatic N) is 4. The fourth-order valence-electron chi connectivity index (χ4n) is 4.51. The van der Waals surface area contributed by atoms with E-state index in [4.69, 9.17) is 0 Å². The number of carbonyl (C=O) groups is 2. The first kappa shape index (κ1) is 16.7. The van der Waals surface area contributed by atoms with E-state index in [2.05, 4.69) is 9.97 Å². The molecule has 0 radical (unpaired) electrons. The summed E-state index contributed by atoms with van der Waals surface area (Å²) < 4.78 is 0. The summed E-state index contributed by atoms with van der Waals surface area (Å²) >= 11 is 0.